The van der Waals surface area contributed by atoms with Crippen LogP contribution in [0.15, 0.2) is 48.6 Å². The van der Waals surface area contributed by atoms with Crippen molar-refractivity contribution in [3.63, 3.8) is 0 Å². The lowest BCUT2D eigenvalue weighted by molar-refractivity contribution is -0.167. The molecule has 0 aliphatic heterocycles. The second kappa shape index (κ2) is 49.0. The van der Waals surface area contributed by atoms with Crippen LogP contribution in [0.3, 0.4) is 0 Å². The van der Waals surface area contributed by atoms with E-state index < -0.39 is 6.10 Å². The van der Waals surface area contributed by atoms with Crippen LogP contribution in [0.4, 0.5) is 0 Å². The summed E-state index contributed by atoms with van der Waals surface area (Å²) in [7, 11) is 0. The molecule has 6 heteroatoms. The van der Waals surface area contributed by atoms with Crippen molar-refractivity contribution in [2.24, 2.45) is 0 Å². The summed E-state index contributed by atoms with van der Waals surface area (Å²) in [5.74, 6) is -0.903. The van der Waals surface area contributed by atoms with Gasteiger partial charge >= 0.3 is 17.9 Å². The van der Waals surface area contributed by atoms with Crippen LogP contribution in [0.25, 0.3) is 0 Å². The molecule has 0 spiro atoms. The van der Waals surface area contributed by atoms with Crippen LogP contribution >= 0.6 is 0 Å². The van der Waals surface area contributed by atoms with Crippen LogP contribution in [0, 0.1) is 0 Å². The van der Waals surface area contributed by atoms with Crippen LogP contribution in [-0.4, -0.2) is 37.2 Å². The Hall–Kier alpha value is -2.63. The lowest BCUT2D eigenvalue weighted by Crippen LogP contribution is -2.30. The van der Waals surface area contributed by atoms with E-state index in [1.54, 1.807) is 0 Å². The van der Waals surface area contributed by atoms with Crippen molar-refractivity contribution in [2.45, 2.75) is 264 Å². The molecule has 6 nitrogen and oxygen atoms in total. The lowest BCUT2D eigenvalue weighted by Gasteiger charge is -2.18. The van der Waals surface area contributed by atoms with Crippen LogP contribution in [-0.2, 0) is 28.6 Å². The Morgan fingerprint density at radius 1 is 0.333 bits per heavy atom. The van der Waals surface area contributed by atoms with Gasteiger partial charge in [0.15, 0.2) is 6.10 Å². The zero-order valence-corrected chi connectivity index (χ0v) is 39.7. The van der Waals surface area contributed by atoms with Crippen molar-refractivity contribution in [3.8, 4) is 0 Å². The molecule has 0 heterocycles. The Morgan fingerprint density at radius 3 is 0.967 bits per heavy atom. The molecule has 0 saturated heterocycles. The summed E-state index contributed by atoms with van der Waals surface area (Å²) in [6.45, 7) is 6.54. The van der Waals surface area contributed by atoms with E-state index in [1.165, 1.54) is 116 Å². The van der Waals surface area contributed by atoms with Gasteiger partial charge in [0.1, 0.15) is 13.2 Å². The Bertz CT molecular complexity index is 1060. The predicted molar refractivity (Wildman–Crippen MR) is 256 cm³/mol. The monoisotopic (exact) mass is 841 g/mol. The number of hydrogen-bond donors (Lipinski definition) is 0. The maximum absolute atomic E-state index is 12.8. The molecule has 348 valence electrons. The number of allylic oxidation sites excluding steroid dienone is 8. The Kier molecular flexibility index (Phi) is 46.9. The number of carbonyl (C=O) groups is 3. The second-order valence-corrected chi connectivity index (χ2v) is 17.1. The van der Waals surface area contributed by atoms with Gasteiger partial charge in [-0.05, 0) is 70.6 Å². The molecule has 0 aromatic heterocycles. The van der Waals surface area contributed by atoms with Gasteiger partial charge in [-0.15, -0.1) is 0 Å². The van der Waals surface area contributed by atoms with Crippen molar-refractivity contribution in [2.75, 3.05) is 13.2 Å². The minimum atomic E-state index is -0.782. The van der Waals surface area contributed by atoms with E-state index in [-0.39, 0.29) is 31.1 Å². The number of rotatable bonds is 46. The fourth-order valence-electron chi connectivity index (χ4n) is 7.12. The summed E-state index contributed by atoms with van der Waals surface area (Å²) in [5, 5.41) is 0. The highest BCUT2D eigenvalue weighted by atomic mass is 16.6. The van der Waals surface area contributed by atoms with E-state index >= 15 is 0 Å². The molecule has 1 atom stereocenters. The van der Waals surface area contributed by atoms with Crippen molar-refractivity contribution in [3.05, 3.63) is 48.6 Å². The molecule has 0 aromatic rings. The van der Waals surface area contributed by atoms with E-state index in [2.05, 4.69) is 69.4 Å². The van der Waals surface area contributed by atoms with Crippen molar-refractivity contribution in [1.82, 2.24) is 0 Å². The van der Waals surface area contributed by atoms with Gasteiger partial charge in [0.25, 0.3) is 0 Å². The zero-order chi connectivity index (χ0) is 43.7. The molecule has 0 unspecified atom stereocenters. The van der Waals surface area contributed by atoms with Crippen molar-refractivity contribution in [1.29, 1.82) is 0 Å². The number of hydrogen-bond acceptors (Lipinski definition) is 6. The molecule has 60 heavy (non-hydrogen) atoms. The molecule has 0 amide bonds. The Balaban J connectivity index is 4.41. The summed E-state index contributed by atoms with van der Waals surface area (Å²) >= 11 is 0. The highest BCUT2D eigenvalue weighted by Crippen LogP contribution is 2.15. The first-order chi connectivity index (χ1) is 29.5. The summed E-state index contributed by atoms with van der Waals surface area (Å²) < 4.78 is 16.8. The molecule has 0 N–H and O–H groups in total. The van der Waals surface area contributed by atoms with E-state index in [9.17, 15) is 14.4 Å². The number of ether oxygens (including phenoxy) is 3. The highest BCUT2D eigenvalue weighted by molar-refractivity contribution is 5.71. The smallest absolute Gasteiger partial charge is 0.306 e. The van der Waals surface area contributed by atoms with Gasteiger partial charge in [0.2, 0.25) is 0 Å². The zero-order valence-electron chi connectivity index (χ0n) is 39.7. The minimum absolute atomic E-state index is 0.0813. The first kappa shape index (κ1) is 57.4. The predicted octanol–water partition coefficient (Wildman–Crippen LogP) is 16.7. The molecule has 0 rings (SSSR count). The van der Waals surface area contributed by atoms with Gasteiger partial charge in [0.05, 0.1) is 0 Å². The molecular weight excluding hydrogens is 745 g/mol. The summed E-state index contributed by atoms with van der Waals surface area (Å²) in [6.07, 6.45) is 58.0. The third-order valence-electron chi connectivity index (χ3n) is 11.1. The average Bonchev–Trinajstić information content (AvgIpc) is 3.24. The normalized spacial score (nSPS) is 12.4. The van der Waals surface area contributed by atoms with E-state index in [4.69, 9.17) is 14.2 Å². The molecular formula is C54H96O6. The molecule has 0 aliphatic rings. The number of unbranched alkanes of at least 4 members (excludes halogenated alkanes) is 27. The highest BCUT2D eigenvalue weighted by Gasteiger charge is 2.19. The van der Waals surface area contributed by atoms with Gasteiger partial charge in [-0.25, -0.2) is 0 Å². The van der Waals surface area contributed by atoms with E-state index in [0.717, 1.165) is 103 Å². The molecule has 0 aliphatic carbocycles. The van der Waals surface area contributed by atoms with Gasteiger partial charge in [-0.1, -0.05) is 217 Å². The van der Waals surface area contributed by atoms with Crippen molar-refractivity contribution < 1.29 is 28.6 Å². The summed E-state index contributed by atoms with van der Waals surface area (Å²) in [4.78, 5) is 37.9. The first-order valence-corrected chi connectivity index (χ1v) is 25.6. The first-order valence-electron chi connectivity index (χ1n) is 25.6. The topological polar surface area (TPSA) is 78.9 Å². The fraction of sp³-hybridized carbons (Fsp3) is 0.796. The lowest BCUT2D eigenvalue weighted by atomic mass is 10.0. The Morgan fingerprint density at radius 2 is 0.617 bits per heavy atom. The van der Waals surface area contributed by atoms with Gasteiger partial charge in [-0.3, -0.25) is 14.4 Å². The van der Waals surface area contributed by atoms with Crippen LogP contribution in [0.2, 0.25) is 0 Å². The van der Waals surface area contributed by atoms with Crippen LogP contribution in [0.1, 0.15) is 258 Å². The van der Waals surface area contributed by atoms with Crippen LogP contribution < -0.4 is 0 Å². The van der Waals surface area contributed by atoms with E-state index in [1.807, 2.05) is 0 Å². The number of esters is 3. The van der Waals surface area contributed by atoms with Gasteiger partial charge < -0.3 is 14.2 Å². The molecule has 0 fully saturated rings. The minimum Gasteiger partial charge on any atom is -0.462 e. The quantitative estimate of drug-likeness (QED) is 0.0263. The maximum atomic E-state index is 12.8. The largest absolute Gasteiger partial charge is 0.462 e. The van der Waals surface area contributed by atoms with Gasteiger partial charge in [-0.2, -0.15) is 0 Å². The standard InChI is InChI=1S/C54H96O6/c1-4-7-10-13-16-19-22-25-28-31-34-37-40-43-46-52(55)58-49-51(60-54(57)48-45-42-39-36-33-30-27-24-21-18-15-12-9-6-3)50-59-53(56)47-44-41-38-35-32-29-26-23-20-17-14-11-8-5-2/h13,15-16,18,22,24-25,27,51H,4-12,14,17,19-21,23,26,28-50H2,1-3H3/b16-13+,18-15+,25-22+,27-24+/t51-/m0/s1. The summed E-state index contributed by atoms with van der Waals surface area (Å²) in [6, 6.07) is 0. The molecule has 0 saturated carbocycles. The average molecular weight is 841 g/mol. The third-order valence-corrected chi connectivity index (χ3v) is 11.1. The molecule has 0 bridgehead atoms. The SMILES string of the molecule is CCCC/C=C/C/C=C/CCCCCCCC(=O)OC[C@@H](COC(=O)CCCCCCCCCCCCCCCC)OC(=O)CCCCCCC/C=C/C/C=C/CCCC. The molecule has 0 aromatic carbocycles. The van der Waals surface area contributed by atoms with Crippen molar-refractivity contribution >= 4 is 17.9 Å². The number of carbonyl (C=O) groups excluding carboxylic acids is 3. The Labute approximate surface area is 371 Å². The van der Waals surface area contributed by atoms with Gasteiger partial charge in [0, 0.05) is 19.3 Å². The van der Waals surface area contributed by atoms with Crippen LogP contribution in [0.5, 0.6) is 0 Å². The second-order valence-electron chi connectivity index (χ2n) is 17.1. The van der Waals surface area contributed by atoms with E-state index in [0.29, 0.717) is 19.3 Å². The summed E-state index contributed by atoms with van der Waals surface area (Å²) in [5.41, 5.74) is 0. The molecule has 0 radical (unpaired) electrons. The maximum Gasteiger partial charge on any atom is 0.306 e. The third kappa shape index (κ3) is 46.4. The fourth-order valence-corrected chi connectivity index (χ4v) is 7.12.